The van der Waals surface area contributed by atoms with Gasteiger partial charge in [-0.25, -0.2) is 4.68 Å². The minimum atomic E-state index is -0.209. The number of benzene rings is 1. The van der Waals surface area contributed by atoms with Gasteiger partial charge in [0.15, 0.2) is 5.82 Å². The van der Waals surface area contributed by atoms with Crippen molar-refractivity contribution in [2.75, 3.05) is 0 Å². The third kappa shape index (κ3) is 5.09. The summed E-state index contributed by atoms with van der Waals surface area (Å²) >= 11 is 0. The third-order valence-electron chi connectivity index (χ3n) is 7.32. The first-order valence-electron chi connectivity index (χ1n) is 12.9. The van der Waals surface area contributed by atoms with Gasteiger partial charge in [0.05, 0.1) is 11.6 Å². The zero-order chi connectivity index (χ0) is 24.5. The van der Waals surface area contributed by atoms with Crippen LogP contribution in [0.5, 0.6) is 0 Å². The molecule has 2 aromatic heterocycles. The number of aromatic amines is 1. The lowest BCUT2D eigenvalue weighted by molar-refractivity contribution is 0.0779. The Kier molecular flexibility index (Phi) is 7.22. The summed E-state index contributed by atoms with van der Waals surface area (Å²) in [6, 6.07) is 6.83. The number of fused-ring (bicyclic) bond motifs is 1. The van der Waals surface area contributed by atoms with Crippen LogP contribution in [0.25, 0.3) is 10.9 Å². The van der Waals surface area contributed by atoms with Gasteiger partial charge in [-0.2, -0.15) is 0 Å². The largest absolute Gasteiger partial charge is 0.322 e. The van der Waals surface area contributed by atoms with Gasteiger partial charge >= 0.3 is 0 Å². The number of aromatic nitrogens is 5. The van der Waals surface area contributed by atoms with E-state index in [0.717, 1.165) is 48.0 Å². The van der Waals surface area contributed by atoms with Crippen LogP contribution < -0.4 is 5.56 Å². The Morgan fingerprint density at radius 2 is 1.82 bits per heavy atom. The Labute approximate surface area is 202 Å². The van der Waals surface area contributed by atoms with E-state index in [0.29, 0.717) is 12.6 Å². The van der Waals surface area contributed by atoms with Crippen LogP contribution >= 0.6 is 0 Å². The Bertz CT molecular complexity index is 1180. The van der Waals surface area contributed by atoms with E-state index in [2.05, 4.69) is 85.2 Å². The zero-order valence-corrected chi connectivity index (χ0v) is 21.7. The number of tetrazole rings is 1. The van der Waals surface area contributed by atoms with Crippen molar-refractivity contribution in [1.82, 2.24) is 30.1 Å². The molecule has 1 saturated carbocycles. The van der Waals surface area contributed by atoms with Gasteiger partial charge in [0.25, 0.3) is 5.56 Å². The fraction of sp³-hybridized carbons (Fsp3) is 0.630. The van der Waals surface area contributed by atoms with Gasteiger partial charge in [0, 0.05) is 23.7 Å². The number of hydrogen-bond donors (Lipinski definition) is 1. The van der Waals surface area contributed by atoms with Crippen molar-refractivity contribution in [2.45, 2.75) is 111 Å². The summed E-state index contributed by atoms with van der Waals surface area (Å²) in [6.45, 7) is 13.4. The highest BCUT2D eigenvalue weighted by atomic mass is 16.1. The molecule has 1 aliphatic carbocycles. The molecule has 184 valence electrons. The summed E-state index contributed by atoms with van der Waals surface area (Å²) in [5.41, 5.74) is 3.95. The molecule has 0 radical (unpaired) electrons. The minimum absolute atomic E-state index is 0.00206. The molecule has 1 N–H and O–H groups in total. The van der Waals surface area contributed by atoms with Crippen LogP contribution in [-0.2, 0) is 12.1 Å². The molecule has 34 heavy (non-hydrogen) atoms. The van der Waals surface area contributed by atoms with Crippen LogP contribution in [0.1, 0.15) is 101 Å². The van der Waals surface area contributed by atoms with E-state index in [1.165, 1.54) is 30.4 Å². The molecule has 1 fully saturated rings. The number of nitrogens with zero attached hydrogens (tertiary/aromatic N) is 5. The molecule has 7 nitrogen and oxygen atoms in total. The summed E-state index contributed by atoms with van der Waals surface area (Å²) in [5.74, 6) is 0.906. The zero-order valence-electron chi connectivity index (χ0n) is 21.7. The molecule has 1 aliphatic rings. The number of hydrogen-bond acceptors (Lipinski definition) is 5. The van der Waals surface area contributed by atoms with Crippen molar-refractivity contribution in [2.24, 2.45) is 0 Å². The quantitative estimate of drug-likeness (QED) is 0.495. The molecule has 1 atom stereocenters. The number of nitrogens with one attached hydrogen (secondary N) is 1. The normalized spacial score (nSPS) is 16.4. The van der Waals surface area contributed by atoms with E-state index in [-0.39, 0.29) is 17.1 Å². The van der Waals surface area contributed by atoms with Crippen LogP contribution in [0.15, 0.2) is 23.0 Å². The second-order valence-corrected chi connectivity index (χ2v) is 11.0. The lowest BCUT2D eigenvalue weighted by Gasteiger charge is -2.40. The van der Waals surface area contributed by atoms with Gasteiger partial charge in [0.1, 0.15) is 0 Å². The smallest absolute Gasteiger partial charge is 0.252 e. The Hall–Kier alpha value is -2.54. The fourth-order valence-corrected chi connectivity index (χ4v) is 5.34. The van der Waals surface area contributed by atoms with Gasteiger partial charge < -0.3 is 4.98 Å². The Morgan fingerprint density at radius 3 is 2.50 bits per heavy atom. The van der Waals surface area contributed by atoms with Crippen LogP contribution in [0, 0.1) is 13.8 Å². The van der Waals surface area contributed by atoms with E-state index in [1.54, 1.807) is 0 Å². The first-order valence-corrected chi connectivity index (χ1v) is 12.9. The lowest BCUT2D eigenvalue weighted by atomic mass is 9.91. The number of rotatable bonds is 7. The maximum atomic E-state index is 13.2. The van der Waals surface area contributed by atoms with E-state index in [1.807, 2.05) is 4.68 Å². The summed E-state index contributed by atoms with van der Waals surface area (Å²) in [7, 11) is 0. The van der Waals surface area contributed by atoms with E-state index < -0.39 is 0 Å². The molecule has 0 spiro atoms. The van der Waals surface area contributed by atoms with E-state index >= 15 is 0 Å². The summed E-state index contributed by atoms with van der Waals surface area (Å²) < 4.78 is 1.97. The van der Waals surface area contributed by atoms with Crippen molar-refractivity contribution >= 4 is 10.9 Å². The molecular weight excluding hydrogens is 424 g/mol. The molecule has 4 rings (SSSR count). The SMILES string of the molecule is CCCC(c1nnnn1C(C)(C)C)N(Cc1cc2cc(C)c(C)cc2[nH]c1=O)C1CCCCC1. The second-order valence-electron chi connectivity index (χ2n) is 11.0. The molecule has 0 amide bonds. The van der Waals surface area contributed by atoms with Gasteiger partial charge in [-0.3, -0.25) is 9.69 Å². The van der Waals surface area contributed by atoms with Crippen molar-refractivity contribution in [3.63, 3.8) is 0 Å². The molecule has 1 unspecified atom stereocenters. The van der Waals surface area contributed by atoms with E-state index in [9.17, 15) is 4.79 Å². The topological polar surface area (TPSA) is 79.7 Å². The van der Waals surface area contributed by atoms with Crippen molar-refractivity contribution in [1.29, 1.82) is 0 Å². The highest BCUT2D eigenvalue weighted by Gasteiger charge is 2.34. The highest BCUT2D eigenvalue weighted by Crippen LogP contribution is 2.35. The second kappa shape index (κ2) is 9.98. The van der Waals surface area contributed by atoms with E-state index in [4.69, 9.17) is 0 Å². The first kappa shape index (κ1) is 24.6. The van der Waals surface area contributed by atoms with Gasteiger partial charge in [-0.15, -0.1) is 5.10 Å². The predicted molar refractivity (Wildman–Crippen MR) is 137 cm³/mol. The van der Waals surface area contributed by atoms with Gasteiger partial charge in [0.2, 0.25) is 0 Å². The maximum absolute atomic E-state index is 13.2. The predicted octanol–water partition coefficient (Wildman–Crippen LogP) is 5.56. The fourth-order valence-electron chi connectivity index (χ4n) is 5.34. The van der Waals surface area contributed by atoms with Crippen LogP contribution in [0.4, 0.5) is 0 Å². The third-order valence-corrected chi connectivity index (χ3v) is 7.32. The molecular formula is C27H40N6O. The van der Waals surface area contributed by atoms with Crippen LogP contribution in [-0.4, -0.2) is 36.1 Å². The standard InChI is InChI=1S/C27H40N6O/c1-7-11-24(25-29-30-31-33(25)27(4,5)6)32(22-12-9-8-10-13-22)17-21-16-20-14-18(2)19(3)15-23(20)28-26(21)34/h14-16,22,24H,7-13,17H2,1-6H3,(H,28,34). The average molecular weight is 465 g/mol. The van der Waals surface area contributed by atoms with Crippen LogP contribution in [0.2, 0.25) is 0 Å². The monoisotopic (exact) mass is 464 g/mol. The number of aryl methyl sites for hydroxylation is 2. The molecule has 0 saturated heterocycles. The summed E-state index contributed by atoms with van der Waals surface area (Å²) in [5, 5.41) is 14.1. The summed E-state index contributed by atoms with van der Waals surface area (Å²) in [6.07, 6.45) is 8.04. The lowest BCUT2D eigenvalue weighted by Crippen LogP contribution is -2.42. The average Bonchev–Trinajstić information content (AvgIpc) is 3.29. The van der Waals surface area contributed by atoms with Crippen molar-refractivity contribution < 1.29 is 0 Å². The molecule has 1 aromatic carbocycles. The molecule has 0 aliphatic heterocycles. The van der Waals surface area contributed by atoms with Crippen LogP contribution in [0.3, 0.4) is 0 Å². The summed E-state index contributed by atoms with van der Waals surface area (Å²) in [4.78, 5) is 18.9. The molecule has 0 bridgehead atoms. The Morgan fingerprint density at radius 1 is 1.12 bits per heavy atom. The minimum Gasteiger partial charge on any atom is -0.322 e. The molecule has 7 heteroatoms. The van der Waals surface area contributed by atoms with Crippen molar-refractivity contribution in [3.8, 4) is 0 Å². The maximum Gasteiger partial charge on any atom is 0.252 e. The Balaban J connectivity index is 1.78. The highest BCUT2D eigenvalue weighted by molar-refractivity contribution is 5.80. The van der Waals surface area contributed by atoms with Crippen molar-refractivity contribution in [3.05, 3.63) is 51.1 Å². The first-order chi connectivity index (χ1) is 16.2. The van der Waals surface area contributed by atoms with Gasteiger partial charge in [-0.1, -0.05) is 32.6 Å². The molecule has 3 aromatic rings. The number of pyridine rings is 1. The number of H-pyrrole nitrogens is 1. The van der Waals surface area contributed by atoms with Gasteiger partial charge in [-0.05, 0) is 99.0 Å². The molecule has 2 heterocycles.